The van der Waals surface area contributed by atoms with E-state index in [0.29, 0.717) is 28.9 Å². The molecule has 2 aromatic rings. The minimum Gasteiger partial charge on any atom is -0.493 e. The van der Waals surface area contributed by atoms with E-state index in [0.717, 1.165) is 0 Å². The number of hydrogen-bond donors (Lipinski definition) is 2. The summed E-state index contributed by atoms with van der Waals surface area (Å²) in [6, 6.07) is 2.48. The third-order valence-electron chi connectivity index (χ3n) is 3.73. The molecule has 1 aromatic heterocycles. The van der Waals surface area contributed by atoms with Gasteiger partial charge >= 0.3 is 0 Å². The summed E-state index contributed by atoms with van der Waals surface area (Å²) < 4.78 is 17.1. The molecule has 25 heavy (non-hydrogen) atoms. The van der Waals surface area contributed by atoms with Crippen molar-refractivity contribution in [1.82, 2.24) is 14.8 Å². The first-order valence-electron chi connectivity index (χ1n) is 7.37. The highest BCUT2D eigenvalue weighted by molar-refractivity contribution is 6.01. The lowest BCUT2D eigenvalue weighted by molar-refractivity contribution is -0.123. The van der Waals surface area contributed by atoms with Gasteiger partial charge in [0.2, 0.25) is 17.6 Å². The molecule has 0 fully saturated rings. The Morgan fingerprint density at radius 2 is 1.92 bits per heavy atom. The molecule has 0 saturated heterocycles. The lowest BCUT2D eigenvalue weighted by atomic mass is 10.2. The maximum atomic E-state index is 12.3. The third kappa shape index (κ3) is 3.05. The molecule has 0 spiro atoms. The molecule has 132 valence electrons. The van der Waals surface area contributed by atoms with Gasteiger partial charge in [-0.3, -0.25) is 14.9 Å². The molecular weight excluding hydrogens is 330 g/mol. The largest absolute Gasteiger partial charge is 0.493 e. The Bertz CT molecular complexity index is 793. The molecule has 0 bridgehead atoms. The summed E-state index contributed by atoms with van der Waals surface area (Å²) >= 11 is 0. The molecule has 0 saturated carbocycles. The number of anilines is 2. The van der Waals surface area contributed by atoms with E-state index in [-0.39, 0.29) is 18.2 Å². The molecule has 2 heterocycles. The van der Waals surface area contributed by atoms with Crippen molar-refractivity contribution in [3.63, 3.8) is 0 Å². The smallest absolute Gasteiger partial charge is 0.252 e. The number of rotatable bonds is 6. The number of nitrogens with one attached hydrogen (secondary N) is 2. The number of fused-ring (bicyclic) bond motifs is 1. The van der Waals surface area contributed by atoms with Crippen molar-refractivity contribution < 1.29 is 23.8 Å². The second-order valence-electron chi connectivity index (χ2n) is 5.20. The summed E-state index contributed by atoms with van der Waals surface area (Å²) in [5, 5.41) is 9.23. The minimum atomic E-state index is -0.737. The summed E-state index contributed by atoms with van der Waals surface area (Å²) in [5.41, 5.74) is 0.455. The molecule has 10 heteroatoms. The Labute approximate surface area is 143 Å². The van der Waals surface area contributed by atoms with Gasteiger partial charge in [-0.15, -0.1) is 0 Å². The van der Waals surface area contributed by atoms with E-state index in [2.05, 4.69) is 20.7 Å². The Balaban J connectivity index is 1.76. The molecule has 0 unspecified atom stereocenters. The van der Waals surface area contributed by atoms with Gasteiger partial charge in [0.25, 0.3) is 5.91 Å². The van der Waals surface area contributed by atoms with Gasteiger partial charge in [-0.1, -0.05) is 0 Å². The first-order valence-corrected chi connectivity index (χ1v) is 7.37. The zero-order valence-electron chi connectivity index (χ0n) is 13.9. The van der Waals surface area contributed by atoms with E-state index >= 15 is 0 Å². The number of ether oxygens (including phenoxy) is 3. The Morgan fingerprint density at radius 3 is 2.52 bits per heavy atom. The van der Waals surface area contributed by atoms with Gasteiger partial charge < -0.3 is 19.5 Å². The number of carbonyl (C=O) groups is 2. The molecule has 10 nitrogen and oxygen atoms in total. The topological polar surface area (TPSA) is 117 Å². The zero-order valence-corrected chi connectivity index (χ0v) is 13.9. The maximum Gasteiger partial charge on any atom is 0.252 e. The zero-order chi connectivity index (χ0) is 18.0. The van der Waals surface area contributed by atoms with Crippen molar-refractivity contribution in [2.75, 3.05) is 32.0 Å². The Morgan fingerprint density at radius 1 is 1.24 bits per heavy atom. The van der Waals surface area contributed by atoms with E-state index < -0.39 is 6.04 Å². The molecule has 1 aromatic carbocycles. The Hall–Kier alpha value is -3.30. The fraction of sp³-hybridized carbons (Fsp3) is 0.333. The van der Waals surface area contributed by atoms with Crippen LogP contribution in [0.3, 0.4) is 0 Å². The number of amides is 2. The summed E-state index contributed by atoms with van der Waals surface area (Å²) in [6.07, 6.45) is 1.23. The number of nitrogens with zero attached hydrogens (tertiary/aromatic N) is 3. The number of aromatic nitrogens is 3. The van der Waals surface area contributed by atoms with Crippen molar-refractivity contribution in [2.45, 2.75) is 12.5 Å². The number of carbonyl (C=O) groups excluding carboxylic acids is 2. The second-order valence-corrected chi connectivity index (χ2v) is 5.20. The van der Waals surface area contributed by atoms with Gasteiger partial charge in [-0.2, -0.15) is 10.1 Å². The molecule has 0 aliphatic carbocycles. The quantitative estimate of drug-likeness (QED) is 0.795. The fourth-order valence-corrected chi connectivity index (χ4v) is 2.59. The predicted octanol–water partition coefficient (Wildman–Crippen LogP) is 0.826. The normalized spacial score (nSPS) is 15.3. The van der Waals surface area contributed by atoms with Crippen LogP contribution >= 0.6 is 0 Å². The van der Waals surface area contributed by atoms with Crippen LogP contribution in [0.1, 0.15) is 12.5 Å². The van der Waals surface area contributed by atoms with Crippen LogP contribution in [0.4, 0.5) is 11.6 Å². The van der Waals surface area contributed by atoms with Crippen molar-refractivity contribution >= 4 is 23.5 Å². The van der Waals surface area contributed by atoms with Gasteiger partial charge in [-0.25, -0.2) is 4.68 Å². The van der Waals surface area contributed by atoms with Crippen LogP contribution in [0.25, 0.3) is 0 Å². The van der Waals surface area contributed by atoms with Crippen molar-refractivity contribution in [3.8, 4) is 17.2 Å². The highest BCUT2D eigenvalue weighted by Crippen LogP contribution is 2.40. The van der Waals surface area contributed by atoms with E-state index in [1.165, 1.54) is 32.3 Å². The second kappa shape index (κ2) is 6.67. The van der Waals surface area contributed by atoms with Gasteiger partial charge in [0.15, 0.2) is 11.5 Å². The first-order chi connectivity index (χ1) is 12.1. The standard InChI is InChI=1S/C15H17N5O5/c1-23-10-4-8(5-11(24-2)13(10)25-3)18-12(21)6-9-14(22)19-15-16-7-17-20(9)15/h4-5,7,9H,6H2,1-3H3,(H,18,21)(H,16,17,19,22)/t9-/m1/s1. The van der Waals surface area contributed by atoms with Crippen LogP contribution in [-0.4, -0.2) is 47.9 Å². The van der Waals surface area contributed by atoms with Crippen LogP contribution in [0.2, 0.25) is 0 Å². The summed E-state index contributed by atoms with van der Waals surface area (Å²) in [7, 11) is 4.46. The van der Waals surface area contributed by atoms with Crippen LogP contribution in [0.15, 0.2) is 18.5 Å². The van der Waals surface area contributed by atoms with E-state index in [9.17, 15) is 9.59 Å². The molecule has 1 aliphatic heterocycles. The predicted molar refractivity (Wildman–Crippen MR) is 87.0 cm³/mol. The van der Waals surface area contributed by atoms with Crippen molar-refractivity contribution in [2.24, 2.45) is 0 Å². The first kappa shape index (κ1) is 16.6. The SMILES string of the molecule is COc1cc(NC(=O)C[C@@H]2C(=O)Nc3ncnn32)cc(OC)c1OC. The van der Waals surface area contributed by atoms with Crippen LogP contribution in [0, 0.1) is 0 Å². The molecule has 3 rings (SSSR count). The summed E-state index contributed by atoms with van der Waals surface area (Å²) in [5.74, 6) is 0.887. The molecule has 1 aliphatic rings. The lowest BCUT2D eigenvalue weighted by Gasteiger charge is -2.15. The Kier molecular flexibility index (Phi) is 4.42. The average Bonchev–Trinajstić information content (AvgIpc) is 3.16. The highest BCUT2D eigenvalue weighted by Gasteiger charge is 2.33. The van der Waals surface area contributed by atoms with Gasteiger partial charge in [-0.05, 0) is 0 Å². The molecule has 0 radical (unpaired) electrons. The number of hydrogen-bond acceptors (Lipinski definition) is 7. The van der Waals surface area contributed by atoms with Crippen molar-refractivity contribution in [1.29, 1.82) is 0 Å². The monoisotopic (exact) mass is 347 g/mol. The van der Waals surface area contributed by atoms with Gasteiger partial charge in [0.1, 0.15) is 12.4 Å². The van der Waals surface area contributed by atoms with Crippen LogP contribution < -0.4 is 24.8 Å². The molecule has 1 atom stereocenters. The maximum absolute atomic E-state index is 12.3. The van der Waals surface area contributed by atoms with Gasteiger partial charge in [0, 0.05) is 17.8 Å². The number of methoxy groups -OCH3 is 3. The highest BCUT2D eigenvalue weighted by atomic mass is 16.5. The molecular formula is C15H17N5O5. The van der Waals surface area contributed by atoms with Gasteiger partial charge in [0.05, 0.1) is 27.8 Å². The van der Waals surface area contributed by atoms with Crippen molar-refractivity contribution in [3.05, 3.63) is 18.5 Å². The third-order valence-corrected chi connectivity index (χ3v) is 3.73. The minimum absolute atomic E-state index is 0.0845. The fourth-order valence-electron chi connectivity index (χ4n) is 2.59. The van der Waals surface area contributed by atoms with E-state index in [1.807, 2.05) is 0 Å². The van der Waals surface area contributed by atoms with Crippen LogP contribution in [-0.2, 0) is 9.59 Å². The lowest BCUT2D eigenvalue weighted by Crippen LogP contribution is -2.23. The van der Waals surface area contributed by atoms with E-state index in [1.54, 1.807) is 12.1 Å². The molecule has 2 amide bonds. The van der Waals surface area contributed by atoms with Crippen LogP contribution in [0.5, 0.6) is 17.2 Å². The number of benzene rings is 1. The van der Waals surface area contributed by atoms with E-state index in [4.69, 9.17) is 14.2 Å². The molecule has 2 N–H and O–H groups in total. The summed E-state index contributed by atoms with van der Waals surface area (Å²) in [4.78, 5) is 28.1. The average molecular weight is 347 g/mol. The summed E-state index contributed by atoms with van der Waals surface area (Å²) in [6.45, 7) is 0.